The molecule has 0 saturated carbocycles. The van der Waals surface area contributed by atoms with Gasteiger partial charge in [0.25, 0.3) is 0 Å². The number of pyridine rings is 1. The molecule has 0 fully saturated rings. The van der Waals surface area contributed by atoms with E-state index in [9.17, 15) is 5.11 Å². The Morgan fingerprint density at radius 2 is 2.22 bits per heavy atom. The van der Waals surface area contributed by atoms with E-state index < -0.39 is 6.10 Å². The summed E-state index contributed by atoms with van der Waals surface area (Å²) in [5.41, 5.74) is 4.26. The zero-order chi connectivity index (χ0) is 12.7. The van der Waals surface area contributed by atoms with Gasteiger partial charge in [-0.3, -0.25) is 0 Å². The van der Waals surface area contributed by atoms with Gasteiger partial charge < -0.3 is 9.84 Å². The van der Waals surface area contributed by atoms with Crippen LogP contribution in [0, 0.1) is 6.92 Å². The summed E-state index contributed by atoms with van der Waals surface area (Å²) in [5.74, 6) is 0.851. The van der Waals surface area contributed by atoms with Crippen LogP contribution in [0.2, 0.25) is 0 Å². The highest BCUT2D eigenvalue weighted by Gasteiger charge is 2.22. The summed E-state index contributed by atoms with van der Waals surface area (Å²) < 4.78 is 5.27. The summed E-state index contributed by atoms with van der Waals surface area (Å²) in [6.07, 6.45) is 2.46. The van der Waals surface area contributed by atoms with Crippen molar-refractivity contribution in [3.8, 4) is 5.75 Å². The number of benzene rings is 1. The van der Waals surface area contributed by atoms with E-state index in [0.717, 1.165) is 41.6 Å². The van der Waals surface area contributed by atoms with Gasteiger partial charge >= 0.3 is 0 Å². The number of fused-ring (bicyclic) bond motifs is 2. The van der Waals surface area contributed by atoms with E-state index in [4.69, 9.17) is 4.74 Å². The Bertz CT molecular complexity index is 607. The highest BCUT2D eigenvalue weighted by molar-refractivity contribution is 5.85. The van der Waals surface area contributed by atoms with Crippen LogP contribution < -0.4 is 4.74 Å². The highest BCUT2D eigenvalue weighted by Crippen LogP contribution is 2.34. The smallest absolute Gasteiger partial charge is 0.119 e. The average Bonchev–Trinajstić information content (AvgIpc) is 2.40. The van der Waals surface area contributed by atoms with E-state index >= 15 is 0 Å². The lowest BCUT2D eigenvalue weighted by molar-refractivity contribution is 0.152. The predicted molar refractivity (Wildman–Crippen MR) is 70.9 cm³/mol. The summed E-state index contributed by atoms with van der Waals surface area (Å²) in [6, 6.07) is 5.90. The van der Waals surface area contributed by atoms with Crippen LogP contribution >= 0.6 is 0 Å². The van der Waals surface area contributed by atoms with Crippen molar-refractivity contribution in [2.75, 3.05) is 7.11 Å². The molecule has 1 aromatic carbocycles. The normalized spacial score (nSPS) is 18.7. The van der Waals surface area contributed by atoms with Crippen LogP contribution in [0.1, 0.15) is 35.8 Å². The Morgan fingerprint density at radius 3 is 3.00 bits per heavy atom. The van der Waals surface area contributed by atoms with Gasteiger partial charge in [0, 0.05) is 5.39 Å². The van der Waals surface area contributed by atoms with Crippen LogP contribution in [0.4, 0.5) is 0 Å². The lowest BCUT2D eigenvalue weighted by Gasteiger charge is -2.23. The third kappa shape index (κ3) is 1.66. The molecule has 1 aromatic heterocycles. The Kier molecular flexibility index (Phi) is 2.71. The van der Waals surface area contributed by atoms with Gasteiger partial charge in [-0.25, -0.2) is 4.98 Å². The van der Waals surface area contributed by atoms with E-state index in [0.29, 0.717) is 0 Å². The number of aliphatic hydroxyl groups is 1. The van der Waals surface area contributed by atoms with E-state index in [1.54, 1.807) is 7.11 Å². The molecule has 3 rings (SSSR count). The number of aliphatic hydroxyl groups excluding tert-OH is 1. The van der Waals surface area contributed by atoms with E-state index in [1.807, 2.05) is 18.2 Å². The van der Waals surface area contributed by atoms with E-state index in [1.165, 1.54) is 11.1 Å². The second-order valence-corrected chi connectivity index (χ2v) is 4.89. The van der Waals surface area contributed by atoms with Gasteiger partial charge in [0.15, 0.2) is 0 Å². The summed E-state index contributed by atoms with van der Waals surface area (Å²) >= 11 is 0. The van der Waals surface area contributed by atoms with Crippen LogP contribution in [0.5, 0.6) is 5.75 Å². The predicted octanol–water partition coefficient (Wildman–Crippen LogP) is 2.92. The summed E-state index contributed by atoms with van der Waals surface area (Å²) in [5, 5.41) is 11.2. The maximum Gasteiger partial charge on any atom is 0.119 e. The highest BCUT2D eigenvalue weighted by atomic mass is 16.5. The third-order valence-electron chi connectivity index (χ3n) is 3.83. The van der Waals surface area contributed by atoms with Crippen molar-refractivity contribution in [2.45, 2.75) is 32.3 Å². The number of aromatic nitrogens is 1. The molecule has 18 heavy (non-hydrogen) atoms. The molecule has 0 bridgehead atoms. The molecule has 1 atom stereocenters. The number of aryl methyl sites for hydroxylation is 1. The molecular weight excluding hydrogens is 226 g/mol. The first kappa shape index (κ1) is 11.5. The molecule has 94 valence electrons. The number of hydrogen-bond acceptors (Lipinski definition) is 3. The van der Waals surface area contributed by atoms with Crippen LogP contribution in [0.3, 0.4) is 0 Å². The lowest BCUT2D eigenvalue weighted by atomic mass is 9.89. The molecule has 2 aromatic rings. The van der Waals surface area contributed by atoms with Crippen LogP contribution in [-0.4, -0.2) is 17.2 Å². The fourth-order valence-electron chi connectivity index (χ4n) is 2.79. The lowest BCUT2D eigenvalue weighted by Crippen LogP contribution is -2.13. The Hall–Kier alpha value is -1.61. The fourth-order valence-corrected chi connectivity index (χ4v) is 2.79. The molecule has 0 amide bonds. The molecule has 0 saturated heterocycles. The topological polar surface area (TPSA) is 42.4 Å². The number of methoxy groups -OCH3 is 1. The number of nitrogens with zero attached hydrogens (tertiary/aromatic N) is 1. The average molecular weight is 243 g/mol. The summed E-state index contributed by atoms with van der Waals surface area (Å²) in [4.78, 5) is 4.63. The second kappa shape index (κ2) is 4.25. The van der Waals surface area contributed by atoms with Crippen LogP contribution in [-0.2, 0) is 6.42 Å². The maximum absolute atomic E-state index is 10.1. The monoisotopic (exact) mass is 243 g/mol. The number of ether oxygens (including phenoxy) is 1. The molecular formula is C15H17NO2. The van der Waals surface area contributed by atoms with Gasteiger partial charge in [0.1, 0.15) is 5.75 Å². The second-order valence-electron chi connectivity index (χ2n) is 4.89. The molecule has 1 heterocycles. The van der Waals surface area contributed by atoms with Crippen molar-refractivity contribution in [1.82, 2.24) is 4.98 Å². The first-order valence-electron chi connectivity index (χ1n) is 6.36. The summed E-state index contributed by atoms with van der Waals surface area (Å²) in [6.45, 7) is 2.11. The molecule has 1 aliphatic carbocycles. The van der Waals surface area contributed by atoms with Crippen molar-refractivity contribution < 1.29 is 9.84 Å². The molecule has 0 spiro atoms. The van der Waals surface area contributed by atoms with Crippen molar-refractivity contribution in [1.29, 1.82) is 0 Å². The first-order valence-corrected chi connectivity index (χ1v) is 6.36. The largest absolute Gasteiger partial charge is 0.497 e. The minimum atomic E-state index is -0.404. The minimum Gasteiger partial charge on any atom is -0.497 e. The quantitative estimate of drug-likeness (QED) is 0.837. The van der Waals surface area contributed by atoms with Crippen LogP contribution in [0.15, 0.2) is 18.2 Å². The Balaban J connectivity index is 2.29. The van der Waals surface area contributed by atoms with Gasteiger partial charge in [0.2, 0.25) is 0 Å². The van der Waals surface area contributed by atoms with Gasteiger partial charge in [-0.05, 0) is 55.5 Å². The fraction of sp³-hybridized carbons (Fsp3) is 0.400. The standard InChI is InChI=1S/C15H17NO2/c1-9-11-4-3-5-14(17)15(11)16-13-7-6-10(18-2)8-12(9)13/h6-8,14,17H,3-5H2,1-2H3. The van der Waals surface area contributed by atoms with Crippen LogP contribution in [0.25, 0.3) is 10.9 Å². The minimum absolute atomic E-state index is 0.404. The molecule has 0 aliphatic heterocycles. The first-order chi connectivity index (χ1) is 8.70. The molecule has 1 N–H and O–H groups in total. The van der Waals surface area contributed by atoms with Gasteiger partial charge in [-0.15, -0.1) is 0 Å². The van der Waals surface area contributed by atoms with Gasteiger partial charge in [0.05, 0.1) is 24.4 Å². The van der Waals surface area contributed by atoms with Gasteiger partial charge in [-0.2, -0.15) is 0 Å². The SMILES string of the molecule is COc1ccc2nc3c(c(C)c2c1)CCCC3O. The molecule has 1 unspecified atom stereocenters. The molecule has 0 radical (unpaired) electrons. The molecule has 3 heteroatoms. The maximum atomic E-state index is 10.1. The van der Waals surface area contributed by atoms with E-state index in [2.05, 4.69) is 11.9 Å². The Morgan fingerprint density at radius 1 is 1.39 bits per heavy atom. The third-order valence-corrected chi connectivity index (χ3v) is 3.83. The zero-order valence-corrected chi connectivity index (χ0v) is 10.7. The van der Waals surface area contributed by atoms with Crippen molar-refractivity contribution in [3.63, 3.8) is 0 Å². The zero-order valence-electron chi connectivity index (χ0n) is 10.7. The van der Waals surface area contributed by atoms with Crippen molar-refractivity contribution >= 4 is 10.9 Å². The number of hydrogen-bond donors (Lipinski definition) is 1. The van der Waals surface area contributed by atoms with Crippen molar-refractivity contribution in [3.05, 3.63) is 35.0 Å². The molecule has 1 aliphatic rings. The summed E-state index contributed by atoms with van der Waals surface area (Å²) in [7, 11) is 1.67. The number of rotatable bonds is 1. The van der Waals surface area contributed by atoms with Gasteiger partial charge in [-0.1, -0.05) is 0 Å². The molecule has 3 nitrogen and oxygen atoms in total. The van der Waals surface area contributed by atoms with E-state index in [-0.39, 0.29) is 0 Å². The Labute approximate surface area is 106 Å². The van der Waals surface area contributed by atoms with Crippen molar-refractivity contribution in [2.24, 2.45) is 0 Å².